The molecule has 1 aromatic rings. The lowest BCUT2D eigenvalue weighted by Crippen LogP contribution is -2.29. The van der Waals surface area contributed by atoms with Gasteiger partial charge in [-0.2, -0.15) is 0 Å². The second-order valence-electron chi connectivity index (χ2n) is 2.88. The SMILES string of the molecule is O=COC/C=C/c1cccc(B(O)O)c1. The van der Waals surface area contributed by atoms with E-state index in [2.05, 4.69) is 4.74 Å². The molecule has 0 radical (unpaired) electrons. The molecule has 15 heavy (non-hydrogen) atoms. The summed E-state index contributed by atoms with van der Waals surface area (Å²) >= 11 is 0. The highest BCUT2D eigenvalue weighted by Crippen LogP contribution is 1.99. The molecule has 0 spiro atoms. The zero-order chi connectivity index (χ0) is 11.1. The molecule has 5 heteroatoms. The summed E-state index contributed by atoms with van der Waals surface area (Å²) in [5.74, 6) is 0. The highest BCUT2D eigenvalue weighted by atomic mass is 16.5. The van der Waals surface area contributed by atoms with E-state index in [1.165, 1.54) is 0 Å². The van der Waals surface area contributed by atoms with E-state index < -0.39 is 7.12 Å². The van der Waals surface area contributed by atoms with Gasteiger partial charge in [-0.25, -0.2) is 0 Å². The van der Waals surface area contributed by atoms with Crippen molar-refractivity contribution in [3.05, 3.63) is 35.9 Å². The van der Waals surface area contributed by atoms with Crippen LogP contribution >= 0.6 is 0 Å². The topological polar surface area (TPSA) is 66.8 Å². The zero-order valence-corrected chi connectivity index (χ0v) is 8.04. The average molecular weight is 206 g/mol. The van der Waals surface area contributed by atoms with E-state index in [-0.39, 0.29) is 6.61 Å². The predicted molar refractivity (Wildman–Crippen MR) is 57.3 cm³/mol. The Labute approximate surface area is 88.0 Å². The van der Waals surface area contributed by atoms with Crippen LogP contribution < -0.4 is 5.46 Å². The van der Waals surface area contributed by atoms with Crippen LogP contribution in [0.5, 0.6) is 0 Å². The number of hydrogen-bond donors (Lipinski definition) is 2. The molecule has 1 rings (SSSR count). The molecule has 0 aliphatic carbocycles. The summed E-state index contributed by atoms with van der Waals surface area (Å²) in [6, 6.07) is 6.78. The summed E-state index contributed by atoms with van der Waals surface area (Å²) in [6.45, 7) is 0.577. The van der Waals surface area contributed by atoms with Gasteiger partial charge in [-0.15, -0.1) is 0 Å². The lowest BCUT2D eigenvalue weighted by Gasteiger charge is -2.00. The molecule has 0 heterocycles. The Hall–Kier alpha value is -1.59. The van der Waals surface area contributed by atoms with Crippen LogP contribution in [0.25, 0.3) is 6.08 Å². The quantitative estimate of drug-likeness (QED) is 0.389. The molecular formula is C10H11BO4. The first-order valence-electron chi connectivity index (χ1n) is 4.42. The van der Waals surface area contributed by atoms with Crippen LogP contribution in [-0.2, 0) is 9.53 Å². The minimum atomic E-state index is -1.47. The van der Waals surface area contributed by atoms with Crippen molar-refractivity contribution in [3.63, 3.8) is 0 Å². The second kappa shape index (κ2) is 6.00. The van der Waals surface area contributed by atoms with Crippen molar-refractivity contribution in [2.24, 2.45) is 0 Å². The van der Waals surface area contributed by atoms with Crippen molar-refractivity contribution in [3.8, 4) is 0 Å². The number of hydrogen-bond acceptors (Lipinski definition) is 4. The van der Waals surface area contributed by atoms with Crippen LogP contribution in [0.1, 0.15) is 5.56 Å². The van der Waals surface area contributed by atoms with Crippen molar-refractivity contribution >= 4 is 25.1 Å². The molecule has 0 aliphatic heterocycles. The molecule has 4 nitrogen and oxygen atoms in total. The standard InChI is InChI=1S/C10H11BO4/c12-8-15-6-2-4-9-3-1-5-10(7-9)11(13)14/h1-5,7-8,13-14H,6H2/b4-2+. The molecule has 0 saturated heterocycles. The predicted octanol–water partition coefficient (Wildman–Crippen LogP) is -0.447. The molecule has 0 fully saturated rings. The smallest absolute Gasteiger partial charge is 0.464 e. The molecule has 0 unspecified atom stereocenters. The molecular weight excluding hydrogens is 195 g/mol. The van der Waals surface area contributed by atoms with Gasteiger partial charge in [0.05, 0.1) is 0 Å². The van der Waals surface area contributed by atoms with Gasteiger partial charge in [0.15, 0.2) is 0 Å². The number of benzene rings is 1. The summed E-state index contributed by atoms with van der Waals surface area (Å²) in [5.41, 5.74) is 1.24. The van der Waals surface area contributed by atoms with Crippen LogP contribution in [-0.4, -0.2) is 30.2 Å². The molecule has 1 aromatic carbocycles. The van der Waals surface area contributed by atoms with Gasteiger partial charge in [-0.05, 0) is 17.1 Å². The van der Waals surface area contributed by atoms with Crippen LogP contribution in [0.15, 0.2) is 30.3 Å². The summed E-state index contributed by atoms with van der Waals surface area (Å²) in [6.07, 6.45) is 3.40. The van der Waals surface area contributed by atoms with E-state index in [1.807, 2.05) is 6.07 Å². The minimum absolute atomic E-state index is 0.204. The van der Waals surface area contributed by atoms with Crippen molar-refractivity contribution in [1.29, 1.82) is 0 Å². The van der Waals surface area contributed by atoms with E-state index in [1.54, 1.807) is 30.4 Å². The van der Waals surface area contributed by atoms with Gasteiger partial charge in [0, 0.05) is 0 Å². The van der Waals surface area contributed by atoms with E-state index in [9.17, 15) is 4.79 Å². The third-order valence-electron chi connectivity index (χ3n) is 1.78. The molecule has 0 amide bonds. The Morgan fingerprint density at radius 1 is 1.40 bits per heavy atom. The maximum atomic E-state index is 9.84. The molecule has 0 atom stereocenters. The normalized spacial score (nSPS) is 10.3. The molecule has 0 aliphatic rings. The van der Waals surface area contributed by atoms with Crippen LogP contribution in [0.2, 0.25) is 0 Å². The lowest BCUT2D eigenvalue weighted by molar-refractivity contribution is -0.127. The van der Waals surface area contributed by atoms with E-state index in [0.717, 1.165) is 5.56 Å². The van der Waals surface area contributed by atoms with Crippen LogP contribution in [0.3, 0.4) is 0 Å². The fraction of sp³-hybridized carbons (Fsp3) is 0.100. The Bertz CT molecular complexity index is 349. The van der Waals surface area contributed by atoms with Gasteiger partial charge < -0.3 is 14.8 Å². The van der Waals surface area contributed by atoms with Crippen molar-refractivity contribution in [2.45, 2.75) is 0 Å². The van der Waals surface area contributed by atoms with E-state index >= 15 is 0 Å². The Morgan fingerprint density at radius 2 is 2.20 bits per heavy atom. The van der Waals surface area contributed by atoms with Crippen LogP contribution in [0.4, 0.5) is 0 Å². The first-order valence-corrected chi connectivity index (χ1v) is 4.42. The van der Waals surface area contributed by atoms with E-state index in [4.69, 9.17) is 10.0 Å². The van der Waals surface area contributed by atoms with Gasteiger partial charge in [0.25, 0.3) is 6.47 Å². The number of carbonyl (C=O) groups excluding carboxylic acids is 1. The maximum absolute atomic E-state index is 9.84. The number of rotatable bonds is 5. The third kappa shape index (κ3) is 3.97. The monoisotopic (exact) mass is 206 g/mol. The molecule has 0 aromatic heterocycles. The van der Waals surface area contributed by atoms with Gasteiger partial charge in [-0.1, -0.05) is 30.3 Å². The highest BCUT2D eigenvalue weighted by Gasteiger charge is 2.09. The van der Waals surface area contributed by atoms with Crippen LogP contribution in [0, 0.1) is 0 Å². The number of carbonyl (C=O) groups is 1. The number of ether oxygens (including phenoxy) is 1. The van der Waals surface area contributed by atoms with Crippen molar-refractivity contribution < 1.29 is 19.6 Å². The van der Waals surface area contributed by atoms with Crippen molar-refractivity contribution in [1.82, 2.24) is 0 Å². The van der Waals surface area contributed by atoms with Gasteiger partial charge in [-0.3, -0.25) is 4.79 Å². The summed E-state index contributed by atoms with van der Waals surface area (Å²) in [4.78, 5) is 9.84. The molecule has 0 bridgehead atoms. The first-order chi connectivity index (χ1) is 7.24. The third-order valence-corrected chi connectivity index (χ3v) is 1.78. The summed E-state index contributed by atoms with van der Waals surface area (Å²) in [7, 11) is -1.47. The maximum Gasteiger partial charge on any atom is 0.488 e. The second-order valence-corrected chi connectivity index (χ2v) is 2.88. The fourth-order valence-corrected chi connectivity index (χ4v) is 1.10. The highest BCUT2D eigenvalue weighted by molar-refractivity contribution is 6.58. The first kappa shape index (κ1) is 11.5. The Morgan fingerprint density at radius 3 is 2.87 bits per heavy atom. The summed E-state index contributed by atoms with van der Waals surface area (Å²) in [5, 5.41) is 17.8. The van der Waals surface area contributed by atoms with E-state index in [0.29, 0.717) is 11.9 Å². The lowest BCUT2D eigenvalue weighted by atomic mass is 9.79. The van der Waals surface area contributed by atoms with Gasteiger partial charge in [0.2, 0.25) is 0 Å². The molecule has 2 N–H and O–H groups in total. The average Bonchev–Trinajstić information content (AvgIpc) is 2.25. The largest absolute Gasteiger partial charge is 0.488 e. The van der Waals surface area contributed by atoms with Gasteiger partial charge in [0.1, 0.15) is 6.61 Å². The van der Waals surface area contributed by atoms with Crippen molar-refractivity contribution in [2.75, 3.05) is 6.61 Å². The zero-order valence-electron chi connectivity index (χ0n) is 8.04. The minimum Gasteiger partial charge on any atom is -0.464 e. The Balaban J connectivity index is 2.65. The summed E-state index contributed by atoms with van der Waals surface area (Å²) < 4.78 is 4.47. The fourth-order valence-electron chi connectivity index (χ4n) is 1.10. The molecule has 0 saturated carbocycles. The molecule has 78 valence electrons. The van der Waals surface area contributed by atoms with Gasteiger partial charge >= 0.3 is 7.12 Å². The Kier molecular flexibility index (Phi) is 4.60.